The maximum absolute atomic E-state index is 13.2. The third-order valence-electron chi connectivity index (χ3n) is 3.84. The fraction of sp³-hybridized carbons (Fsp3) is 0.400. The van der Waals surface area contributed by atoms with Crippen molar-refractivity contribution in [3.63, 3.8) is 0 Å². The van der Waals surface area contributed by atoms with E-state index in [2.05, 4.69) is 9.73 Å². The number of aliphatic imine (C=N–C) groups is 1. The van der Waals surface area contributed by atoms with Gasteiger partial charge in [-0.25, -0.2) is 12.8 Å². The van der Waals surface area contributed by atoms with Gasteiger partial charge in [-0.2, -0.15) is 4.99 Å². The predicted octanol–water partition coefficient (Wildman–Crippen LogP) is -0.806. The molecule has 0 unspecified atom stereocenters. The summed E-state index contributed by atoms with van der Waals surface area (Å²) in [5, 5.41) is 10.3. The molecule has 2 aliphatic rings. The second kappa shape index (κ2) is 7.33. The number of carbonyl (C=O) groups excluding carboxylic acids is 2. The number of benzene rings is 1. The molecule has 26 heavy (non-hydrogen) atoms. The fourth-order valence-corrected chi connectivity index (χ4v) is 6.76. The highest BCUT2D eigenvalue weighted by Crippen LogP contribution is 2.40. The lowest BCUT2D eigenvalue weighted by molar-refractivity contribution is -0.309. The number of carboxylic acid groups (broad SMARTS) is 1. The predicted molar refractivity (Wildman–Crippen MR) is 91.0 cm³/mol. The number of sulfone groups is 1. The molecule has 2 aliphatic heterocycles. The smallest absolute Gasteiger partial charge is 0.274 e. The van der Waals surface area contributed by atoms with E-state index in [1.165, 1.54) is 24.3 Å². The minimum absolute atomic E-state index is 0.0333. The van der Waals surface area contributed by atoms with Crippen molar-refractivity contribution in [3.8, 4) is 0 Å². The van der Waals surface area contributed by atoms with Crippen LogP contribution in [-0.2, 0) is 24.2 Å². The van der Waals surface area contributed by atoms with Crippen LogP contribution in [0.1, 0.15) is 0 Å². The number of amidine groups is 1. The minimum Gasteiger partial charge on any atom is -0.548 e. The molecule has 0 bridgehead atoms. The molecular formula is C15H14FN2O6S2-. The van der Waals surface area contributed by atoms with Gasteiger partial charge in [0.15, 0.2) is 15.0 Å². The van der Waals surface area contributed by atoms with Crippen molar-refractivity contribution in [3.05, 3.63) is 30.1 Å². The summed E-state index contributed by atoms with van der Waals surface area (Å²) >= 11 is 1.16. The Morgan fingerprint density at radius 1 is 1.27 bits per heavy atom. The van der Waals surface area contributed by atoms with Crippen LogP contribution in [0.25, 0.3) is 0 Å². The molecule has 2 atom stereocenters. The van der Waals surface area contributed by atoms with E-state index < -0.39 is 46.8 Å². The van der Waals surface area contributed by atoms with E-state index >= 15 is 0 Å². The second-order valence-corrected chi connectivity index (χ2v) is 9.16. The number of hydrogen-bond acceptors (Lipinski definition) is 7. The van der Waals surface area contributed by atoms with E-state index in [0.29, 0.717) is 5.69 Å². The van der Waals surface area contributed by atoms with Crippen LogP contribution >= 0.6 is 11.8 Å². The number of halogens is 1. The number of nitrogens with zero attached hydrogens (tertiary/aromatic N) is 2. The molecule has 11 heteroatoms. The summed E-state index contributed by atoms with van der Waals surface area (Å²) in [5.74, 6) is -2.72. The fourth-order valence-electron chi connectivity index (χ4n) is 2.83. The van der Waals surface area contributed by atoms with Gasteiger partial charge >= 0.3 is 0 Å². The van der Waals surface area contributed by atoms with E-state index in [9.17, 15) is 27.5 Å². The molecule has 3 rings (SSSR count). The van der Waals surface area contributed by atoms with E-state index in [-0.39, 0.29) is 21.9 Å². The SMILES string of the molecule is O=C([O-])COCC(=O)N=C1S[C@@H]2CS(=O)(=O)C[C@H]2N1c1ccc(F)cc1. The minimum atomic E-state index is -3.20. The summed E-state index contributed by atoms with van der Waals surface area (Å²) in [5.41, 5.74) is 0.519. The Hall–Kier alpha value is -1.98. The van der Waals surface area contributed by atoms with Gasteiger partial charge < -0.3 is 19.5 Å². The zero-order valence-electron chi connectivity index (χ0n) is 13.3. The van der Waals surface area contributed by atoms with Crippen molar-refractivity contribution in [2.45, 2.75) is 11.3 Å². The monoisotopic (exact) mass is 401 g/mol. The second-order valence-electron chi connectivity index (χ2n) is 5.80. The van der Waals surface area contributed by atoms with Gasteiger partial charge in [-0.3, -0.25) is 4.79 Å². The summed E-state index contributed by atoms with van der Waals surface area (Å²) in [7, 11) is -3.20. The van der Waals surface area contributed by atoms with Gasteiger partial charge in [0.25, 0.3) is 5.91 Å². The summed E-state index contributed by atoms with van der Waals surface area (Å²) in [6.45, 7) is -1.27. The van der Waals surface area contributed by atoms with Crippen molar-refractivity contribution < 1.29 is 32.2 Å². The van der Waals surface area contributed by atoms with Crippen molar-refractivity contribution >= 4 is 44.3 Å². The number of carbonyl (C=O) groups is 2. The number of rotatable bonds is 5. The van der Waals surface area contributed by atoms with Crippen LogP contribution in [0.4, 0.5) is 10.1 Å². The standard InChI is InChI=1S/C15H15FN2O6S2/c16-9-1-3-10(4-2-9)18-11-7-26(22,23)8-12(11)25-15(18)17-13(19)5-24-6-14(20)21/h1-4,11-12H,5-8H2,(H,20,21)/p-1/t11-,12-/m1/s1. The zero-order chi connectivity index (χ0) is 18.9. The molecule has 0 radical (unpaired) electrons. The molecule has 0 spiro atoms. The average Bonchev–Trinajstić information content (AvgIpc) is 2.99. The molecule has 0 aromatic heterocycles. The van der Waals surface area contributed by atoms with Gasteiger partial charge in [0.1, 0.15) is 12.4 Å². The Morgan fingerprint density at radius 2 is 1.96 bits per heavy atom. The Balaban J connectivity index is 1.84. The molecule has 0 N–H and O–H groups in total. The number of anilines is 1. The average molecular weight is 401 g/mol. The topological polar surface area (TPSA) is 116 Å². The number of carboxylic acids is 1. The van der Waals surface area contributed by atoms with Gasteiger partial charge in [0.2, 0.25) is 0 Å². The number of fused-ring (bicyclic) bond motifs is 1. The van der Waals surface area contributed by atoms with Crippen LogP contribution in [0.2, 0.25) is 0 Å². The first kappa shape index (κ1) is 18.8. The van der Waals surface area contributed by atoms with Crippen molar-refractivity contribution in [2.24, 2.45) is 4.99 Å². The first-order valence-corrected chi connectivity index (χ1v) is 10.3. The maximum Gasteiger partial charge on any atom is 0.274 e. The van der Waals surface area contributed by atoms with Crippen LogP contribution in [0, 0.1) is 5.82 Å². The van der Waals surface area contributed by atoms with E-state index in [0.717, 1.165) is 11.8 Å². The highest BCUT2D eigenvalue weighted by molar-refractivity contribution is 8.16. The first-order valence-electron chi connectivity index (χ1n) is 7.56. The van der Waals surface area contributed by atoms with Crippen LogP contribution < -0.4 is 10.0 Å². The maximum atomic E-state index is 13.2. The van der Waals surface area contributed by atoms with Gasteiger partial charge in [-0.15, -0.1) is 0 Å². The lowest BCUT2D eigenvalue weighted by Gasteiger charge is -2.24. The van der Waals surface area contributed by atoms with E-state index in [1.54, 1.807) is 4.90 Å². The molecule has 0 aliphatic carbocycles. The van der Waals surface area contributed by atoms with Gasteiger partial charge in [-0.05, 0) is 24.3 Å². The van der Waals surface area contributed by atoms with E-state index in [1.807, 2.05) is 0 Å². The van der Waals surface area contributed by atoms with Gasteiger partial charge in [0, 0.05) is 10.9 Å². The van der Waals surface area contributed by atoms with Crippen LogP contribution in [-0.4, -0.2) is 61.5 Å². The molecule has 1 aromatic carbocycles. The van der Waals surface area contributed by atoms with Crippen LogP contribution in [0.15, 0.2) is 29.3 Å². The molecule has 2 heterocycles. The summed E-state index contributed by atoms with van der Waals surface area (Å²) in [6.07, 6.45) is 0. The summed E-state index contributed by atoms with van der Waals surface area (Å²) < 4.78 is 41.7. The van der Waals surface area contributed by atoms with E-state index in [4.69, 9.17) is 0 Å². The number of ether oxygens (including phenoxy) is 1. The quantitative estimate of drug-likeness (QED) is 0.629. The van der Waals surface area contributed by atoms with Crippen LogP contribution in [0.5, 0.6) is 0 Å². The first-order chi connectivity index (χ1) is 12.2. The Kier molecular flexibility index (Phi) is 5.30. The number of amides is 1. The normalized spacial score (nSPS) is 25.4. The van der Waals surface area contributed by atoms with Gasteiger partial charge in [0.05, 0.1) is 30.1 Å². The zero-order valence-corrected chi connectivity index (χ0v) is 15.0. The Bertz CT molecular complexity index is 855. The molecule has 1 aromatic rings. The highest BCUT2D eigenvalue weighted by Gasteiger charge is 2.49. The molecule has 2 saturated heterocycles. The largest absolute Gasteiger partial charge is 0.548 e. The van der Waals surface area contributed by atoms with Gasteiger partial charge in [-0.1, -0.05) is 11.8 Å². The lowest BCUT2D eigenvalue weighted by Crippen LogP contribution is -2.37. The molecular weight excluding hydrogens is 387 g/mol. The number of aliphatic carboxylic acids is 1. The Labute approximate surface area is 153 Å². The summed E-state index contributed by atoms with van der Waals surface area (Å²) in [4.78, 5) is 27.7. The Morgan fingerprint density at radius 3 is 2.62 bits per heavy atom. The molecule has 2 fully saturated rings. The number of hydrogen-bond donors (Lipinski definition) is 0. The lowest BCUT2D eigenvalue weighted by atomic mass is 10.2. The molecule has 140 valence electrons. The highest BCUT2D eigenvalue weighted by atomic mass is 32.2. The number of thioether (sulfide) groups is 1. The molecule has 8 nitrogen and oxygen atoms in total. The molecule has 0 saturated carbocycles. The third-order valence-corrected chi connectivity index (χ3v) is 7.05. The van der Waals surface area contributed by atoms with Crippen LogP contribution in [0.3, 0.4) is 0 Å². The third kappa shape index (κ3) is 4.22. The van der Waals surface area contributed by atoms with Crippen molar-refractivity contribution in [2.75, 3.05) is 29.6 Å². The van der Waals surface area contributed by atoms with Crippen molar-refractivity contribution in [1.29, 1.82) is 0 Å². The molecule has 1 amide bonds. The van der Waals surface area contributed by atoms with Crippen molar-refractivity contribution in [1.82, 2.24) is 0 Å². The summed E-state index contributed by atoms with van der Waals surface area (Å²) in [6, 6.07) is 5.02.